The SMILES string of the molecule is CC=CC1(C)CCCS1. The molecule has 1 atom stereocenters. The third-order valence-corrected chi connectivity index (χ3v) is 3.26. The van der Waals surface area contributed by atoms with Crippen molar-refractivity contribution in [2.75, 3.05) is 5.75 Å². The molecule has 0 saturated carbocycles. The van der Waals surface area contributed by atoms with E-state index >= 15 is 0 Å². The van der Waals surface area contributed by atoms with E-state index in [0.717, 1.165) is 0 Å². The van der Waals surface area contributed by atoms with Crippen molar-refractivity contribution >= 4 is 11.8 Å². The Morgan fingerprint density at radius 2 is 2.33 bits per heavy atom. The summed E-state index contributed by atoms with van der Waals surface area (Å²) in [7, 11) is 0. The molecule has 1 rings (SSSR count). The maximum absolute atomic E-state index is 2.32. The van der Waals surface area contributed by atoms with Crippen LogP contribution in [0, 0.1) is 0 Å². The van der Waals surface area contributed by atoms with Gasteiger partial charge in [-0.05, 0) is 32.4 Å². The van der Waals surface area contributed by atoms with E-state index in [9.17, 15) is 0 Å². The largest absolute Gasteiger partial charge is 0.151 e. The molecule has 0 spiro atoms. The highest BCUT2D eigenvalue weighted by atomic mass is 32.2. The quantitative estimate of drug-likeness (QED) is 0.507. The maximum Gasteiger partial charge on any atom is 0.0310 e. The molecule has 0 N–H and O–H groups in total. The van der Waals surface area contributed by atoms with Gasteiger partial charge in [-0.3, -0.25) is 0 Å². The standard InChI is InChI=1S/C8H14S/c1-3-5-8(2)6-4-7-9-8/h3,5H,4,6-7H2,1-2H3. The molecule has 0 amide bonds. The molecule has 1 fully saturated rings. The van der Waals surface area contributed by atoms with Gasteiger partial charge in [0.25, 0.3) is 0 Å². The maximum atomic E-state index is 2.32. The van der Waals surface area contributed by atoms with Crippen molar-refractivity contribution in [3.05, 3.63) is 12.2 Å². The van der Waals surface area contributed by atoms with E-state index in [0.29, 0.717) is 4.75 Å². The summed E-state index contributed by atoms with van der Waals surface area (Å²) in [5.41, 5.74) is 0. The Bertz CT molecular complexity index is 110. The van der Waals surface area contributed by atoms with Gasteiger partial charge in [-0.2, -0.15) is 11.8 Å². The lowest BCUT2D eigenvalue weighted by atomic mass is 10.1. The molecular weight excluding hydrogens is 128 g/mol. The van der Waals surface area contributed by atoms with Crippen LogP contribution in [0.1, 0.15) is 26.7 Å². The lowest BCUT2D eigenvalue weighted by Crippen LogP contribution is -2.09. The molecule has 0 aliphatic carbocycles. The second kappa shape index (κ2) is 2.78. The lowest BCUT2D eigenvalue weighted by Gasteiger charge is -2.16. The summed E-state index contributed by atoms with van der Waals surface area (Å²) in [4.78, 5) is 0. The van der Waals surface area contributed by atoms with Gasteiger partial charge in [0.15, 0.2) is 0 Å². The van der Waals surface area contributed by atoms with E-state index in [1.54, 1.807) is 0 Å². The zero-order valence-electron chi connectivity index (χ0n) is 6.18. The predicted molar refractivity (Wildman–Crippen MR) is 44.9 cm³/mol. The van der Waals surface area contributed by atoms with Crippen LogP contribution in [0.15, 0.2) is 12.2 Å². The fourth-order valence-electron chi connectivity index (χ4n) is 1.28. The van der Waals surface area contributed by atoms with Crippen molar-refractivity contribution in [1.29, 1.82) is 0 Å². The van der Waals surface area contributed by atoms with Gasteiger partial charge in [-0.15, -0.1) is 0 Å². The van der Waals surface area contributed by atoms with Crippen LogP contribution >= 0.6 is 11.8 Å². The highest BCUT2D eigenvalue weighted by Gasteiger charge is 2.25. The third kappa shape index (κ3) is 1.75. The van der Waals surface area contributed by atoms with E-state index in [-0.39, 0.29) is 0 Å². The molecule has 0 nitrogen and oxygen atoms in total. The molecule has 1 aliphatic rings. The molecule has 0 aromatic rings. The lowest BCUT2D eigenvalue weighted by molar-refractivity contribution is 0.723. The normalized spacial score (nSPS) is 36.2. The van der Waals surface area contributed by atoms with Crippen LogP contribution in [0.2, 0.25) is 0 Å². The van der Waals surface area contributed by atoms with E-state index < -0.39 is 0 Å². The number of hydrogen-bond donors (Lipinski definition) is 0. The van der Waals surface area contributed by atoms with Crippen molar-refractivity contribution in [1.82, 2.24) is 0 Å². The second-order valence-corrected chi connectivity index (χ2v) is 4.39. The Morgan fingerprint density at radius 1 is 1.56 bits per heavy atom. The first-order chi connectivity index (χ1) is 4.27. The molecule has 1 saturated heterocycles. The minimum atomic E-state index is 0.481. The molecule has 1 heterocycles. The van der Waals surface area contributed by atoms with E-state index in [1.807, 2.05) is 0 Å². The van der Waals surface area contributed by atoms with Crippen LogP contribution in [-0.2, 0) is 0 Å². The van der Waals surface area contributed by atoms with E-state index in [4.69, 9.17) is 0 Å². The van der Waals surface area contributed by atoms with Crippen molar-refractivity contribution in [3.8, 4) is 0 Å². The molecule has 1 unspecified atom stereocenters. The Morgan fingerprint density at radius 3 is 2.78 bits per heavy atom. The molecule has 52 valence electrons. The van der Waals surface area contributed by atoms with Crippen LogP contribution < -0.4 is 0 Å². The Balaban J connectivity index is 2.51. The first kappa shape index (κ1) is 7.20. The molecule has 0 radical (unpaired) electrons. The summed E-state index contributed by atoms with van der Waals surface area (Å²) in [6, 6.07) is 0. The Hall–Kier alpha value is 0.0900. The van der Waals surface area contributed by atoms with Gasteiger partial charge in [-0.1, -0.05) is 12.2 Å². The minimum absolute atomic E-state index is 0.481. The summed E-state index contributed by atoms with van der Waals surface area (Å²) in [5, 5.41) is 0. The first-order valence-corrected chi connectivity index (χ1v) is 4.53. The number of rotatable bonds is 1. The summed E-state index contributed by atoms with van der Waals surface area (Å²) in [6.45, 7) is 4.43. The smallest absolute Gasteiger partial charge is 0.0310 e. The van der Waals surface area contributed by atoms with Gasteiger partial charge >= 0.3 is 0 Å². The third-order valence-electron chi connectivity index (χ3n) is 1.77. The monoisotopic (exact) mass is 142 g/mol. The number of hydrogen-bond acceptors (Lipinski definition) is 1. The van der Waals surface area contributed by atoms with E-state index in [2.05, 4.69) is 37.8 Å². The molecule has 0 aromatic carbocycles. The van der Waals surface area contributed by atoms with Gasteiger partial charge in [0, 0.05) is 4.75 Å². The topological polar surface area (TPSA) is 0 Å². The van der Waals surface area contributed by atoms with Gasteiger partial charge in [0.2, 0.25) is 0 Å². The van der Waals surface area contributed by atoms with Gasteiger partial charge < -0.3 is 0 Å². The summed E-state index contributed by atoms with van der Waals surface area (Å²) >= 11 is 2.08. The summed E-state index contributed by atoms with van der Waals surface area (Å²) in [5.74, 6) is 1.35. The molecule has 0 bridgehead atoms. The highest BCUT2D eigenvalue weighted by molar-refractivity contribution is 8.01. The van der Waals surface area contributed by atoms with Gasteiger partial charge in [0.05, 0.1) is 0 Å². The molecule has 0 aromatic heterocycles. The number of allylic oxidation sites excluding steroid dienone is 1. The van der Waals surface area contributed by atoms with Crippen LogP contribution in [0.5, 0.6) is 0 Å². The Labute approximate surface area is 61.7 Å². The molecular formula is C8H14S. The van der Waals surface area contributed by atoms with Gasteiger partial charge in [-0.25, -0.2) is 0 Å². The van der Waals surface area contributed by atoms with Crippen molar-refractivity contribution in [2.45, 2.75) is 31.4 Å². The van der Waals surface area contributed by atoms with Gasteiger partial charge in [0.1, 0.15) is 0 Å². The predicted octanol–water partition coefficient (Wildman–Crippen LogP) is 2.85. The molecule has 1 aliphatic heterocycles. The average molecular weight is 142 g/mol. The molecule has 1 heteroatoms. The zero-order valence-corrected chi connectivity index (χ0v) is 7.00. The second-order valence-electron chi connectivity index (χ2n) is 2.76. The zero-order chi connectivity index (χ0) is 6.74. The van der Waals surface area contributed by atoms with Crippen molar-refractivity contribution < 1.29 is 0 Å². The number of thioether (sulfide) groups is 1. The van der Waals surface area contributed by atoms with Crippen LogP contribution in [-0.4, -0.2) is 10.5 Å². The molecule has 9 heavy (non-hydrogen) atoms. The minimum Gasteiger partial charge on any atom is -0.151 e. The van der Waals surface area contributed by atoms with Crippen LogP contribution in [0.4, 0.5) is 0 Å². The van der Waals surface area contributed by atoms with Crippen LogP contribution in [0.25, 0.3) is 0 Å². The van der Waals surface area contributed by atoms with E-state index in [1.165, 1.54) is 18.6 Å². The summed E-state index contributed by atoms with van der Waals surface area (Å²) in [6.07, 6.45) is 7.25. The van der Waals surface area contributed by atoms with Crippen molar-refractivity contribution in [2.24, 2.45) is 0 Å². The average Bonchev–Trinajstić information content (AvgIpc) is 2.16. The fourth-order valence-corrected chi connectivity index (χ4v) is 2.56. The van der Waals surface area contributed by atoms with Crippen LogP contribution in [0.3, 0.4) is 0 Å². The first-order valence-electron chi connectivity index (χ1n) is 3.55. The Kier molecular flexibility index (Phi) is 2.23. The fraction of sp³-hybridized carbons (Fsp3) is 0.750. The highest BCUT2D eigenvalue weighted by Crippen LogP contribution is 2.38. The van der Waals surface area contributed by atoms with Crippen molar-refractivity contribution in [3.63, 3.8) is 0 Å². The summed E-state index contributed by atoms with van der Waals surface area (Å²) < 4.78 is 0.481.